The van der Waals surface area contributed by atoms with Gasteiger partial charge in [-0.15, -0.1) is 0 Å². The average Bonchev–Trinajstić information content (AvgIpc) is 2.92. The van der Waals surface area contributed by atoms with E-state index in [1.807, 2.05) is 35.3 Å². The third-order valence-corrected chi connectivity index (χ3v) is 3.54. The maximum absolute atomic E-state index is 4.63. The van der Waals surface area contributed by atoms with Gasteiger partial charge in [0.1, 0.15) is 12.1 Å². The van der Waals surface area contributed by atoms with Crippen molar-refractivity contribution in [2.24, 2.45) is 0 Å². The number of imidazole rings is 1. The molecule has 1 N–H and O–H groups in total. The fourth-order valence-corrected chi connectivity index (χ4v) is 2.51. The zero-order valence-electron chi connectivity index (χ0n) is 12.5. The fraction of sp³-hybridized carbons (Fsp3) is 0.294. The number of fused-ring (bicyclic) bond motifs is 1. The third kappa shape index (κ3) is 2.81. The number of hydrogen-bond donors (Lipinski definition) is 1. The minimum absolute atomic E-state index is 0.868. The van der Waals surface area contributed by atoms with Crippen molar-refractivity contribution in [1.82, 2.24) is 19.9 Å². The molecule has 2 heterocycles. The smallest absolute Gasteiger partial charge is 0.141 e. The van der Waals surface area contributed by atoms with Gasteiger partial charge in [-0.3, -0.25) is 4.57 Å². The summed E-state index contributed by atoms with van der Waals surface area (Å²) < 4.78 is 2.05. The molecule has 3 aromatic rings. The number of benzene rings is 1. The van der Waals surface area contributed by atoms with Crippen molar-refractivity contribution in [1.29, 1.82) is 0 Å². The van der Waals surface area contributed by atoms with Gasteiger partial charge in [-0.05, 0) is 49.2 Å². The number of nitrogens with one attached hydrogen (secondary N) is 1. The minimum Gasteiger partial charge on any atom is -0.313 e. The van der Waals surface area contributed by atoms with Crippen molar-refractivity contribution in [2.45, 2.75) is 26.8 Å². The summed E-state index contributed by atoms with van der Waals surface area (Å²) in [6.45, 7) is 6.17. The van der Waals surface area contributed by atoms with E-state index >= 15 is 0 Å². The SMILES string of the molecule is CCCNCc1cnc(-n2cnc3ccccc32)c(C)c1. The predicted octanol–water partition coefficient (Wildman–Crippen LogP) is 3.23. The summed E-state index contributed by atoms with van der Waals surface area (Å²) in [5, 5.41) is 3.40. The molecule has 0 saturated heterocycles. The van der Waals surface area contributed by atoms with Crippen LogP contribution < -0.4 is 5.32 Å². The summed E-state index contributed by atoms with van der Waals surface area (Å²) in [6, 6.07) is 10.3. The van der Waals surface area contributed by atoms with Crippen LogP contribution >= 0.6 is 0 Å². The molecule has 108 valence electrons. The molecule has 4 nitrogen and oxygen atoms in total. The molecule has 1 aromatic carbocycles. The first-order chi connectivity index (χ1) is 10.3. The van der Waals surface area contributed by atoms with Crippen LogP contribution in [0.3, 0.4) is 0 Å². The highest BCUT2D eigenvalue weighted by atomic mass is 15.1. The van der Waals surface area contributed by atoms with Crippen LogP contribution in [0, 0.1) is 6.92 Å². The summed E-state index contributed by atoms with van der Waals surface area (Å²) in [5.41, 5.74) is 4.46. The number of nitrogens with zero attached hydrogens (tertiary/aromatic N) is 3. The Balaban J connectivity index is 1.92. The summed E-state index contributed by atoms with van der Waals surface area (Å²) in [5.74, 6) is 0.947. The van der Waals surface area contributed by atoms with E-state index in [4.69, 9.17) is 0 Å². The first-order valence-corrected chi connectivity index (χ1v) is 7.38. The lowest BCUT2D eigenvalue weighted by Crippen LogP contribution is -2.14. The Morgan fingerprint density at radius 3 is 2.86 bits per heavy atom. The Labute approximate surface area is 124 Å². The topological polar surface area (TPSA) is 42.7 Å². The van der Waals surface area contributed by atoms with Crippen molar-refractivity contribution < 1.29 is 0 Å². The van der Waals surface area contributed by atoms with Gasteiger partial charge in [0, 0.05) is 12.7 Å². The van der Waals surface area contributed by atoms with Gasteiger partial charge in [0.2, 0.25) is 0 Å². The van der Waals surface area contributed by atoms with Gasteiger partial charge in [-0.25, -0.2) is 9.97 Å². The number of aromatic nitrogens is 3. The lowest BCUT2D eigenvalue weighted by Gasteiger charge is -2.10. The quantitative estimate of drug-likeness (QED) is 0.730. The van der Waals surface area contributed by atoms with Crippen molar-refractivity contribution >= 4 is 11.0 Å². The highest BCUT2D eigenvalue weighted by molar-refractivity contribution is 5.77. The second kappa shape index (κ2) is 6.06. The second-order valence-corrected chi connectivity index (χ2v) is 5.26. The first kappa shape index (κ1) is 13.8. The molecule has 0 unspecified atom stereocenters. The summed E-state index contributed by atoms with van der Waals surface area (Å²) >= 11 is 0. The van der Waals surface area contributed by atoms with Gasteiger partial charge in [0.25, 0.3) is 0 Å². The Kier molecular flexibility index (Phi) is 3.97. The molecule has 0 aliphatic heterocycles. The number of aryl methyl sites for hydroxylation is 1. The van der Waals surface area contributed by atoms with E-state index in [1.165, 1.54) is 5.56 Å². The molecule has 0 amide bonds. The number of pyridine rings is 1. The Bertz CT molecular complexity index is 745. The van der Waals surface area contributed by atoms with Gasteiger partial charge in [0.05, 0.1) is 11.0 Å². The molecule has 0 aliphatic rings. The average molecular weight is 280 g/mol. The van der Waals surface area contributed by atoms with Gasteiger partial charge < -0.3 is 5.32 Å². The molecular formula is C17H20N4. The van der Waals surface area contributed by atoms with Crippen LogP contribution in [0.5, 0.6) is 0 Å². The van der Waals surface area contributed by atoms with Crippen LogP contribution in [0.2, 0.25) is 0 Å². The molecule has 0 aliphatic carbocycles. The molecule has 2 aromatic heterocycles. The fourth-order valence-electron chi connectivity index (χ4n) is 2.51. The normalized spacial score (nSPS) is 11.1. The van der Waals surface area contributed by atoms with E-state index in [2.05, 4.69) is 41.3 Å². The van der Waals surface area contributed by atoms with Crippen LogP contribution in [0.1, 0.15) is 24.5 Å². The van der Waals surface area contributed by atoms with Crippen molar-refractivity contribution in [3.8, 4) is 5.82 Å². The summed E-state index contributed by atoms with van der Waals surface area (Å²) in [7, 11) is 0. The van der Waals surface area contributed by atoms with Crippen molar-refractivity contribution in [3.63, 3.8) is 0 Å². The van der Waals surface area contributed by atoms with E-state index < -0.39 is 0 Å². The molecule has 21 heavy (non-hydrogen) atoms. The van der Waals surface area contributed by atoms with Crippen LogP contribution in [-0.2, 0) is 6.54 Å². The van der Waals surface area contributed by atoms with E-state index in [0.717, 1.165) is 41.9 Å². The Morgan fingerprint density at radius 1 is 1.19 bits per heavy atom. The molecule has 0 saturated carbocycles. The zero-order chi connectivity index (χ0) is 14.7. The van der Waals surface area contributed by atoms with E-state index in [0.29, 0.717) is 0 Å². The molecule has 0 spiro atoms. The molecule has 0 radical (unpaired) electrons. The van der Waals surface area contributed by atoms with E-state index in [9.17, 15) is 0 Å². The number of hydrogen-bond acceptors (Lipinski definition) is 3. The van der Waals surface area contributed by atoms with Crippen molar-refractivity contribution in [2.75, 3.05) is 6.54 Å². The maximum Gasteiger partial charge on any atom is 0.141 e. The highest BCUT2D eigenvalue weighted by Crippen LogP contribution is 2.19. The van der Waals surface area contributed by atoms with Crippen LogP contribution in [0.4, 0.5) is 0 Å². The third-order valence-electron chi connectivity index (χ3n) is 3.54. The van der Waals surface area contributed by atoms with Gasteiger partial charge >= 0.3 is 0 Å². The van der Waals surface area contributed by atoms with Gasteiger partial charge in [0.15, 0.2) is 0 Å². The van der Waals surface area contributed by atoms with Gasteiger partial charge in [-0.1, -0.05) is 19.1 Å². The predicted molar refractivity (Wildman–Crippen MR) is 85.6 cm³/mol. The lowest BCUT2D eigenvalue weighted by molar-refractivity contribution is 0.673. The first-order valence-electron chi connectivity index (χ1n) is 7.38. The molecule has 0 fully saturated rings. The second-order valence-electron chi connectivity index (χ2n) is 5.26. The van der Waals surface area contributed by atoms with Crippen LogP contribution in [-0.4, -0.2) is 21.1 Å². The Hall–Kier alpha value is -2.20. The monoisotopic (exact) mass is 280 g/mol. The maximum atomic E-state index is 4.63. The molecule has 3 rings (SSSR count). The molecular weight excluding hydrogens is 260 g/mol. The largest absolute Gasteiger partial charge is 0.313 e. The van der Waals surface area contributed by atoms with Crippen LogP contribution in [0.15, 0.2) is 42.9 Å². The van der Waals surface area contributed by atoms with E-state index in [-0.39, 0.29) is 0 Å². The van der Waals surface area contributed by atoms with Crippen LogP contribution in [0.25, 0.3) is 16.9 Å². The zero-order valence-corrected chi connectivity index (χ0v) is 12.5. The minimum atomic E-state index is 0.868. The van der Waals surface area contributed by atoms with Crippen molar-refractivity contribution in [3.05, 3.63) is 54.0 Å². The molecule has 0 atom stereocenters. The molecule has 4 heteroatoms. The molecule has 0 bridgehead atoms. The Morgan fingerprint density at radius 2 is 2.05 bits per heavy atom. The van der Waals surface area contributed by atoms with E-state index in [1.54, 1.807) is 0 Å². The van der Waals surface area contributed by atoms with Gasteiger partial charge in [-0.2, -0.15) is 0 Å². The summed E-state index contributed by atoms with van der Waals surface area (Å²) in [6.07, 6.45) is 4.93. The lowest BCUT2D eigenvalue weighted by atomic mass is 10.2. The number of para-hydroxylation sites is 2. The highest BCUT2D eigenvalue weighted by Gasteiger charge is 2.08. The standard InChI is InChI=1S/C17H20N4/c1-3-8-18-10-14-9-13(2)17(19-11-14)21-12-20-15-6-4-5-7-16(15)21/h4-7,9,11-12,18H,3,8,10H2,1-2H3. The summed E-state index contributed by atoms with van der Waals surface area (Å²) in [4.78, 5) is 9.06. The number of rotatable bonds is 5.